The molecule has 1 rings (SSSR count). The highest BCUT2D eigenvalue weighted by Crippen LogP contribution is 2.25. The molecule has 0 saturated carbocycles. The molecular formula is C14H21NO3. The Balaban J connectivity index is 2.90. The van der Waals surface area contributed by atoms with Crippen LogP contribution < -0.4 is 10.5 Å². The van der Waals surface area contributed by atoms with Gasteiger partial charge in [0.25, 0.3) is 0 Å². The largest absolute Gasteiger partial charge is 0.496 e. The molecule has 4 nitrogen and oxygen atoms in total. The first-order valence-electron chi connectivity index (χ1n) is 6.08. The minimum atomic E-state index is -0.874. The fourth-order valence-electron chi connectivity index (χ4n) is 1.90. The van der Waals surface area contributed by atoms with Gasteiger partial charge in [-0.2, -0.15) is 0 Å². The Morgan fingerprint density at radius 3 is 2.61 bits per heavy atom. The van der Waals surface area contributed by atoms with Crippen molar-refractivity contribution in [1.82, 2.24) is 0 Å². The molecule has 0 fully saturated rings. The van der Waals surface area contributed by atoms with Crippen molar-refractivity contribution in [2.75, 3.05) is 7.11 Å². The standard InChI is InChI=1S/C14H21NO3/c1-9(2)10-4-5-13(18-3)11(6-10)7-12(15)8-14(16)17/h4-6,9,12H,7-8,15H2,1-3H3,(H,16,17). The number of carbonyl (C=O) groups is 1. The lowest BCUT2D eigenvalue weighted by Gasteiger charge is -2.15. The number of carboxylic acids is 1. The zero-order valence-corrected chi connectivity index (χ0v) is 11.1. The van der Waals surface area contributed by atoms with Crippen LogP contribution >= 0.6 is 0 Å². The van der Waals surface area contributed by atoms with Crippen LogP contribution in [0.1, 0.15) is 37.3 Å². The zero-order chi connectivity index (χ0) is 13.7. The summed E-state index contributed by atoms with van der Waals surface area (Å²) in [5, 5.41) is 8.72. The second-order valence-corrected chi connectivity index (χ2v) is 4.79. The third kappa shape index (κ3) is 4.04. The molecule has 0 aromatic heterocycles. The fourth-order valence-corrected chi connectivity index (χ4v) is 1.90. The first-order valence-corrected chi connectivity index (χ1v) is 6.08. The number of benzene rings is 1. The van der Waals surface area contributed by atoms with Gasteiger partial charge in [0.1, 0.15) is 5.75 Å². The fraction of sp³-hybridized carbons (Fsp3) is 0.500. The Kier molecular flexibility index (Phi) is 5.16. The maximum atomic E-state index is 10.6. The van der Waals surface area contributed by atoms with Crippen LogP contribution in [0.25, 0.3) is 0 Å². The van der Waals surface area contributed by atoms with Gasteiger partial charge in [-0.05, 0) is 29.5 Å². The molecule has 100 valence electrons. The molecule has 0 radical (unpaired) electrons. The third-order valence-corrected chi connectivity index (χ3v) is 2.89. The summed E-state index contributed by atoms with van der Waals surface area (Å²) in [4.78, 5) is 10.6. The van der Waals surface area contributed by atoms with E-state index in [2.05, 4.69) is 13.8 Å². The molecule has 18 heavy (non-hydrogen) atoms. The summed E-state index contributed by atoms with van der Waals surface area (Å²) >= 11 is 0. The highest BCUT2D eigenvalue weighted by atomic mass is 16.5. The first-order chi connectivity index (χ1) is 8.43. The van der Waals surface area contributed by atoms with Crippen molar-refractivity contribution in [2.24, 2.45) is 5.73 Å². The molecule has 1 atom stereocenters. The molecule has 0 aliphatic heterocycles. The van der Waals surface area contributed by atoms with Gasteiger partial charge in [0.15, 0.2) is 0 Å². The molecular weight excluding hydrogens is 230 g/mol. The van der Waals surface area contributed by atoms with Gasteiger partial charge < -0.3 is 15.6 Å². The van der Waals surface area contributed by atoms with Gasteiger partial charge in [0.2, 0.25) is 0 Å². The smallest absolute Gasteiger partial charge is 0.304 e. The highest BCUT2D eigenvalue weighted by Gasteiger charge is 2.13. The van der Waals surface area contributed by atoms with Gasteiger partial charge in [-0.3, -0.25) is 4.79 Å². The number of rotatable bonds is 6. The number of carboxylic acid groups (broad SMARTS) is 1. The van der Waals surface area contributed by atoms with Gasteiger partial charge in [-0.25, -0.2) is 0 Å². The maximum absolute atomic E-state index is 10.6. The normalized spacial score (nSPS) is 12.5. The van der Waals surface area contributed by atoms with Crippen LogP contribution in [0.15, 0.2) is 18.2 Å². The van der Waals surface area contributed by atoms with E-state index < -0.39 is 5.97 Å². The Morgan fingerprint density at radius 2 is 2.11 bits per heavy atom. The van der Waals surface area contributed by atoms with E-state index in [1.807, 2.05) is 18.2 Å². The second-order valence-electron chi connectivity index (χ2n) is 4.79. The molecule has 0 aliphatic carbocycles. The van der Waals surface area contributed by atoms with E-state index in [4.69, 9.17) is 15.6 Å². The van der Waals surface area contributed by atoms with E-state index >= 15 is 0 Å². The SMILES string of the molecule is COc1ccc(C(C)C)cc1CC(N)CC(=O)O. The van der Waals surface area contributed by atoms with Crippen molar-refractivity contribution in [3.05, 3.63) is 29.3 Å². The molecule has 0 aliphatic rings. The lowest BCUT2D eigenvalue weighted by Crippen LogP contribution is -2.26. The van der Waals surface area contributed by atoms with Crippen LogP contribution in [0.5, 0.6) is 5.75 Å². The molecule has 0 bridgehead atoms. The molecule has 0 amide bonds. The van der Waals surface area contributed by atoms with Crippen molar-refractivity contribution >= 4 is 5.97 Å². The van der Waals surface area contributed by atoms with Crippen LogP contribution in [-0.4, -0.2) is 24.2 Å². The topological polar surface area (TPSA) is 72.5 Å². The molecule has 1 aromatic rings. The van der Waals surface area contributed by atoms with Crippen LogP contribution in [0.3, 0.4) is 0 Å². The van der Waals surface area contributed by atoms with Crippen molar-refractivity contribution < 1.29 is 14.6 Å². The van der Waals surface area contributed by atoms with E-state index in [1.165, 1.54) is 5.56 Å². The summed E-state index contributed by atoms with van der Waals surface area (Å²) in [5.74, 6) is 0.312. The Labute approximate surface area is 108 Å². The Bertz CT molecular complexity index is 416. The van der Waals surface area contributed by atoms with Crippen molar-refractivity contribution in [1.29, 1.82) is 0 Å². The summed E-state index contributed by atoms with van der Waals surface area (Å²) in [6.45, 7) is 4.23. The van der Waals surface area contributed by atoms with Gasteiger partial charge in [-0.1, -0.05) is 26.0 Å². The van der Waals surface area contributed by atoms with Crippen molar-refractivity contribution in [2.45, 2.75) is 38.6 Å². The average Bonchev–Trinajstić information content (AvgIpc) is 2.27. The average molecular weight is 251 g/mol. The van der Waals surface area contributed by atoms with Crippen LogP contribution in [0.4, 0.5) is 0 Å². The summed E-state index contributed by atoms with van der Waals surface area (Å²) < 4.78 is 5.28. The minimum Gasteiger partial charge on any atom is -0.496 e. The summed E-state index contributed by atoms with van der Waals surface area (Å²) in [6, 6.07) is 5.60. The minimum absolute atomic E-state index is 0.0327. The van der Waals surface area contributed by atoms with E-state index in [1.54, 1.807) is 7.11 Å². The van der Waals surface area contributed by atoms with Gasteiger partial charge in [0.05, 0.1) is 13.5 Å². The summed E-state index contributed by atoms with van der Waals surface area (Å²) in [5.41, 5.74) is 7.99. The van der Waals surface area contributed by atoms with Crippen molar-refractivity contribution in [3.63, 3.8) is 0 Å². The lowest BCUT2D eigenvalue weighted by molar-refractivity contribution is -0.137. The van der Waals surface area contributed by atoms with Crippen LogP contribution in [-0.2, 0) is 11.2 Å². The number of hydrogen-bond donors (Lipinski definition) is 2. The van der Waals surface area contributed by atoms with Crippen LogP contribution in [0.2, 0.25) is 0 Å². The second kappa shape index (κ2) is 6.40. The molecule has 3 N–H and O–H groups in total. The molecule has 0 spiro atoms. The number of nitrogens with two attached hydrogens (primary N) is 1. The predicted octanol–water partition coefficient (Wildman–Crippen LogP) is 2.16. The number of ether oxygens (including phenoxy) is 1. The zero-order valence-electron chi connectivity index (χ0n) is 11.1. The van der Waals surface area contributed by atoms with E-state index in [0.29, 0.717) is 12.3 Å². The molecule has 1 aromatic carbocycles. The quantitative estimate of drug-likeness (QED) is 0.812. The molecule has 4 heteroatoms. The highest BCUT2D eigenvalue weighted by molar-refractivity contribution is 5.67. The van der Waals surface area contributed by atoms with Crippen LogP contribution in [0, 0.1) is 0 Å². The van der Waals surface area contributed by atoms with Gasteiger partial charge in [0, 0.05) is 6.04 Å². The van der Waals surface area contributed by atoms with E-state index in [-0.39, 0.29) is 12.5 Å². The Hall–Kier alpha value is -1.55. The molecule has 0 saturated heterocycles. The summed E-state index contributed by atoms with van der Waals surface area (Å²) in [7, 11) is 1.61. The van der Waals surface area contributed by atoms with E-state index in [9.17, 15) is 4.79 Å². The monoisotopic (exact) mass is 251 g/mol. The Morgan fingerprint density at radius 1 is 1.44 bits per heavy atom. The molecule has 1 unspecified atom stereocenters. The maximum Gasteiger partial charge on any atom is 0.304 e. The van der Waals surface area contributed by atoms with Gasteiger partial charge in [-0.15, -0.1) is 0 Å². The first kappa shape index (κ1) is 14.5. The molecule has 0 heterocycles. The lowest BCUT2D eigenvalue weighted by atomic mass is 9.96. The van der Waals surface area contributed by atoms with E-state index in [0.717, 1.165) is 11.3 Å². The number of methoxy groups -OCH3 is 1. The van der Waals surface area contributed by atoms with Gasteiger partial charge >= 0.3 is 5.97 Å². The number of aliphatic carboxylic acids is 1. The number of hydrogen-bond acceptors (Lipinski definition) is 3. The summed E-state index contributed by atoms with van der Waals surface area (Å²) in [6.07, 6.45) is 0.477. The third-order valence-electron chi connectivity index (χ3n) is 2.89. The predicted molar refractivity (Wildman–Crippen MR) is 71.0 cm³/mol. The van der Waals surface area contributed by atoms with Crippen molar-refractivity contribution in [3.8, 4) is 5.75 Å².